The van der Waals surface area contributed by atoms with Gasteiger partial charge in [-0.3, -0.25) is 4.79 Å². The summed E-state index contributed by atoms with van der Waals surface area (Å²) in [6.07, 6.45) is 4.43. The third-order valence-electron chi connectivity index (χ3n) is 4.38. The van der Waals surface area contributed by atoms with Gasteiger partial charge in [0.25, 0.3) is 5.91 Å². The molecule has 1 heterocycles. The van der Waals surface area contributed by atoms with Gasteiger partial charge >= 0.3 is 0 Å². The van der Waals surface area contributed by atoms with Gasteiger partial charge in [0.2, 0.25) is 0 Å². The van der Waals surface area contributed by atoms with E-state index in [0.29, 0.717) is 19.1 Å². The number of rotatable bonds is 4. The van der Waals surface area contributed by atoms with E-state index in [9.17, 15) is 14.3 Å². The van der Waals surface area contributed by atoms with Crippen LogP contribution in [-0.2, 0) is 0 Å². The Morgan fingerprint density at radius 2 is 2.00 bits per heavy atom. The summed E-state index contributed by atoms with van der Waals surface area (Å²) < 4.78 is 13.7. The van der Waals surface area contributed by atoms with E-state index < -0.39 is 11.7 Å². The molecule has 1 amide bonds. The number of benzene rings is 1. The first-order valence-electron chi connectivity index (χ1n) is 7.65. The van der Waals surface area contributed by atoms with Gasteiger partial charge in [-0.1, -0.05) is 6.07 Å². The molecule has 0 spiro atoms. The van der Waals surface area contributed by atoms with Crippen molar-refractivity contribution in [3.63, 3.8) is 0 Å². The van der Waals surface area contributed by atoms with Gasteiger partial charge < -0.3 is 15.3 Å². The first-order valence-corrected chi connectivity index (χ1v) is 7.65. The normalized spacial score (nSPS) is 19.8. The van der Waals surface area contributed by atoms with Gasteiger partial charge in [0.05, 0.1) is 0 Å². The molecule has 2 N–H and O–H groups in total. The van der Waals surface area contributed by atoms with E-state index in [1.807, 2.05) is 0 Å². The Labute approximate surface area is 124 Å². The minimum absolute atomic E-state index is 0.207. The highest BCUT2D eigenvalue weighted by molar-refractivity contribution is 5.97. The molecule has 2 aliphatic rings. The lowest BCUT2D eigenvalue weighted by molar-refractivity contribution is 0.0697. The molecule has 3 rings (SSSR count). The van der Waals surface area contributed by atoms with Crippen LogP contribution in [0.1, 0.15) is 36.0 Å². The zero-order valence-electron chi connectivity index (χ0n) is 12.0. The smallest absolute Gasteiger partial charge is 0.260 e. The predicted octanol–water partition coefficient (Wildman–Crippen LogP) is 2.14. The van der Waals surface area contributed by atoms with Crippen LogP contribution in [0.25, 0.3) is 0 Å². The van der Waals surface area contributed by atoms with Gasteiger partial charge in [0, 0.05) is 19.1 Å². The minimum atomic E-state index is -0.658. The van der Waals surface area contributed by atoms with E-state index in [-0.39, 0.29) is 11.3 Å². The molecule has 114 valence electrons. The van der Waals surface area contributed by atoms with Gasteiger partial charge in [-0.15, -0.1) is 0 Å². The number of carbonyl (C=O) groups is 1. The van der Waals surface area contributed by atoms with Crippen LogP contribution in [0.2, 0.25) is 0 Å². The number of nitrogens with zero attached hydrogens (tertiary/aromatic N) is 1. The van der Waals surface area contributed by atoms with Crippen molar-refractivity contribution < 1.29 is 14.3 Å². The molecule has 2 fully saturated rings. The maximum Gasteiger partial charge on any atom is 0.260 e. The van der Waals surface area contributed by atoms with E-state index >= 15 is 0 Å². The van der Waals surface area contributed by atoms with Crippen molar-refractivity contribution in [1.82, 2.24) is 10.2 Å². The molecule has 1 saturated carbocycles. The maximum absolute atomic E-state index is 13.7. The van der Waals surface area contributed by atoms with Crippen LogP contribution in [0.4, 0.5) is 4.39 Å². The number of hydrogen-bond acceptors (Lipinski definition) is 3. The molecule has 0 aromatic heterocycles. The molecular formula is C16H21FN2O2. The number of aromatic hydroxyl groups is 1. The van der Waals surface area contributed by atoms with Crippen molar-refractivity contribution in [3.05, 3.63) is 29.6 Å². The Bertz CT molecular complexity index is 503. The predicted molar refractivity (Wildman–Crippen MR) is 77.7 cm³/mol. The van der Waals surface area contributed by atoms with Gasteiger partial charge in [-0.05, 0) is 50.3 Å². The van der Waals surface area contributed by atoms with Crippen molar-refractivity contribution >= 4 is 5.91 Å². The number of likely N-dealkylation sites (tertiary alicyclic amines) is 1. The fourth-order valence-electron chi connectivity index (χ4n) is 2.82. The van der Waals surface area contributed by atoms with Crippen LogP contribution in [-0.4, -0.2) is 41.6 Å². The van der Waals surface area contributed by atoms with Crippen molar-refractivity contribution in [2.24, 2.45) is 5.92 Å². The average Bonchev–Trinajstić information content (AvgIpc) is 3.29. The number of phenolic OH excluding ortho intramolecular Hbond substituents is 1. The average molecular weight is 292 g/mol. The number of halogens is 1. The van der Waals surface area contributed by atoms with E-state index in [4.69, 9.17) is 0 Å². The molecule has 1 aromatic rings. The fourth-order valence-corrected chi connectivity index (χ4v) is 2.82. The summed E-state index contributed by atoms with van der Waals surface area (Å²) >= 11 is 0. The van der Waals surface area contributed by atoms with Crippen LogP contribution in [0, 0.1) is 11.7 Å². The largest absolute Gasteiger partial charge is 0.507 e. The summed E-state index contributed by atoms with van der Waals surface area (Å²) in [6, 6.07) is 4.40. The lowest BCUT2D eigenvalue weighted by Crippen LogP contribution is -2.45. The summed E-state index contributed by atoms with van der Waals surface area (Å²) in [7, 11) is 0. The molecule has 0 radical (unpaired) electrons. The molecule has 0 bridgehead atoms. The highest BCUT2D eigenvalue weighted by Gasteiger charge is 2.28. The summed E-state index contributed by atoms with van der Waals surface area (Å²) in [5, 5.41) is 13.2. The number of nitrogens with one attached hydrogen (secondary N) is 1. The molecule has 4 nitrogen and oxygen atoms in total. The molecule has 1 aliphatic carbocycles. The quantitative estimate of drug-likeness (QED) is 0.894. The Hall–Kier alpha value is -1.62. The standard InChI is InChI=1S/C16H21FN2O2/c17-13-2-1-3-14(20)15(13)16(21)19-8-6-12(7-9-19)18-10-11-4-5-11/h1-3,11-12,18,20H,4-10H2. The second-order valence-electron chi connectivity index (χ2n) is 6.05. The van der Waals surface area contributed by atoms with Crippen LogP contribution in [0.15, 0.2) is 18.2 Å². The Morgan fingerprint density at radius 3 is 2.62 bits per heavy atom. The second-order valence-corrected chi connectivity index (χ2v) is 6.05. The third-order valence-corrected chi connectivity index (χ3v) is 4.38. The second kappa shape index (κ2) is 6.02. The number of hydrogen-bond donors (Lipinski definition) is 2. The summed E-state index contributed by atoms with van der Waals surface area (Å²) in [5.41, 5.74) is -0.207. The maximum atomic E-state index is 13.7. The molecule has 0 unspecified atom stereocenters. The first-order chi connectivity index (χ1) is 10.1. The Morgan fingerprint density at radius 1 is 1.29 bits per heavy atom. The summed E-state index contributed by atoms with van der Waals surface area (Å²) in [5.74, 6) is -0.505. The summed E-state index contributed by atoms with van der Waals surface area (Å²) in [6.45, 7) is 2.29. The van der Waals surface area contributed by atoms with Crippen molar-refractivity contribution in [3.8, 4) is 5.75 Å². The molecule has 0 atom stereocenters. The van der Waals surface area contributed by atoms with Gasteiger partial charge in [-0.25, -0.2) is 4.39 Å². The molecular weight excluding hydrogens is 271 g/mol. The van der Waals surface area contributed by atoms with Crippen LogP contribution >= 0.6 is 0 Å². The van der Waals surface area contributed by atoms with E-state index in [2.05, 4.69) is 5.32 Å². The van der Waals surface area contributed by atoms with E-state index in [1.54, 1.807) is 4.90 Å². The molecule has 5 heteroatoms. The van der Waals surface area contributed by atoms with E-state index in [1.165, 1.54) is 31.0 Å². The number of carbonyl (C=O) groups excluding carboxylic acids is 1. The topological polar surface area (TPSA) is 52.6 Å². The van der Waals surface area contributed by atoms with Crippen LogP contribution < -0.4 is 5.32 Å². The van der Waals surface area contributed by atoms with Gasteiger partial charge in [-0.2, -0.15) is 0 Å². The summed E-state index contributed by atoms with van der Waals surface area (Å²) in [4.78, 5) is 14.0. The Kier molecular flexibility index (Phi) is 4.10. The molecule has 1 aliphatic heterocycles. The first kappa shape index (κ1) is 14.3. The lowest BCUT2D eigenvalue weighted by atomic mass is 10.0. The molecule has 21 heavy (non-hydrogen) atoms. The van der Waals surface area contributed by atoms with Gasteiger partial charge in [0.1, 0.15) is 17.1 Å². The van der Waals surface area contributed by atoms with Crippen molar-refractivity contribution in [2.75, 3.05) is 19.6 Å². The van der Waals surface area contributed by atoms with Gasteiger partial charge in [0.15, 0.2) is 0 Å². The highest BCUT2D eigenvalue weighted by Crippen LogP contribution is 2.28. The monoisotopic (exact) mass is 292 g/mol. The van der Waals surface area contributed by atoms with Crippen molar-refractivity contribution in [1.29, 1.82) is 0 Å². The lowest BCUT2D eigenvalue weighted by Gasteiger charge is -2.32. The Balaban J connectivity index is 1.57. The SMILES string of the molecule is O=C(c1c(O)cccc1F)N1CCC(NCC2CC2)CC1. The minimum Gasteiger partial charge on any atom is -0.507 e. The number of piperidine rings is 1. The van der Waals surface area contributed by atoms with Crippen LogP contribution in [0.3, 0.4) is 0 Å². The van der Waals surface area contributed by atoms with E-state index in [0.717, 1.165) is 25.3 Å². The zero-order valence-corrected chi connectivity index (χ0v) is 12.0. The molecule has 1 aromatic carbocycles. The number of phenols is 1. The fraction of sp³-hybridized carbons (Fsp3) is 0.562. The zero-order chi connectivity index (χ0) is 14.8. The number of amides is 1. The third kappa shape index (κ3) is 3.35. The van der Waals surface area contributed by atoms with Crippen molar-refractivity contribution in [2.45, 2.75) is 31.7 Å². The molecule has 1 saturated heterocycles. The van der Waals surface area contributed by atoms with Crippen LogP contribution in [0.5, 0.6) is 5.75 Å². The highest BCUT2D eigenvalue weighted by atomic mass is 19.1.